The number of ether oxygens (including phenoxy) is 1. The molecular weight excluding hydrogens is 208 g/mol. The summed E-state index contributed by atoms with van der Waals surface area (Å²) in [6.07, 6.45) is 2.07. The fourth-order valence-electron chi connectivity index (χ4n) is 1.28. The monoisotopic (exact) mass is 226 g/mol. The maximum absolute atomic E-state index is 6.04. The van der Waals surface area contributed by atoms with Crippen LogP contribution in [0.3, 0.4) is 0 Å². The summed E-state index contributed by atoms with van der Waals surface area (Å²) in [6, 6.07) is 5.98. The van der Waals surface area contributed by atoms with Crippen LogP contribution in [-0.2, 0) is 6.42 Å². The zero-order valence-corrected chi connectivity index (χ0v) is 10.5. The summed E-state index contributed by atoms with van der Waals surface area (Å²) in [7, 11) is 0. The average molecular weight is 227 g/mol. The molecule has 0 saturated carbocycles. The highest BCUT2D eigenvalue weighted by Crippen LogP contribution is 2.26. The zero-order valence-electron chi connectivity index (χ0n) is 9.72. The van der Waals surface area contributed by atoms with Crippen molar-refractivity contribution in [2.45, 2.75) is 33.6 Å². The maximum Gasteiger partial charge on any atom is 0.138 e. The first-order valence-corrected chi connectivity index (χ1v) is 5.92. The van der Waals surface area contributed by atoms with Gasteiger partial charge in [0.2, 0.25) is 0 Å². The van der Waals surface area contributed by atoms with Gasteiger partial charge in [0.1, 0.15) is 5.75 Å². The van der Waals surface area contributed by atoms with Gasteiger partial charge in [-0.25, -0.2) is 0 Å². The van der Waals surface area contributed by atoms with Crippen molar-refractivity contribution >= 4 is 11.6 Å². The Labute approximate surface area is 97.4 Å². The molecular formula is C13H19ClO. The third kappa shape index (κ3) is 4.13. The van der Waals surface area contributed by atoms with E-state index in [-0.39, 0.29) is 0 Å². The van der Waals surface area contributed by atoms with Gasteiger partial charge in [-0.1, -0.05) is 38.4 Å². The minimum atomic E-state index is 0.665. The molecule has 2 heteroatoms. The van der Waals surface area contributed by atoms with Crippen LogP contribution >= 0.6 is 11.6 Å². The Hall–Kier alpha value is -0.690. The van der Waals surface area contributed by atoms with Gasteiger partial charge in [0, 0.05) is 0 Å². The van der Waals surface area contributed by atoms with Crippen molar-refractivity contribution in [3.05, 3.63) is 28.8 Å². The molecule has 0 amide bonds. The first-order chi connectivity index (χ1) is 7.13. The molecule has 0 atom stereocenters. The molecule has 15 heavy (non-hydrogen) atoms. The SMILES string of the molecule is CCc1ccc(Cl)c(OCCC(C)C)c1. The van der Waals surface area contributed by atoms with E-state index in [0.29, 0.717) is 10.9 Å². The van der Waals surface area contributed by atoms with E-state index in [2.05, 4.69) is 20.8 Å². The number of halogens is 1. The standard InChI is InChI=1S/C13H19ClO/c1-4-11-5-6-12(14)13(9-11)15-8-7-10(2)3/h5-6,9-10H,4,7-8H2,1-3H3. The molecule has 1 rings (SSSR count). The smallest absolute Gasteiger partial charge is 0.138 e. The van der Waals surface area contributed by atoms with Crippen LogP contribution in [0.2, 0.25) is 5.02 Å². The lowest BCUT2D eigenvalue weighted by atomic mass is 10.1. The van der Waals surface area contributed by atoms with Gasteiger partial charge in [0.15, 0.2) is 0 Å². The number of aryl methyl sites for hydroxylation is 1. The van der Waals surface area contributed by atoms with Crippen molar-refractivity contribution in [2.75, 3.05) is 6.61 Å². The number of hydrogen-bond donors (Lipinski definition) is 0. The van der Waals surface area contributed by atoms with E-state index in [1.165, 1.54) is 5.56 Å². The molecule has 0 bridgehead atoms. The molecule has 84 valence electrons. The summed E-state index contributed by atoms with van der Waals surface area (Å²) in [5, 5.41) is 0.705. The molecule has 1 nitrogen and oxygen atoms in total. The molecule has 0 fully saturated rings. The van der Waals surface area contributed by atoms with Gasteiger partial charge in [-0.2, -0.15) is 0 Å². The quantitative estimate of drug-likeness (QED) is 0.726. The Bertz CT molecular complexity index is 307. The van der Waals surface area contributed by atoms with Gasteiger partial charge in [0.05, 0.1) is 11.6 Å². The first-order valence-electron chi connectivity index (χ1n) is 5.54. The van der Waals surface area contributed by atoms with Crippen LogP contribution in [0.15, 0.2) is 18.2 Å². The van der Waals surface area contributed by atoms with E-state index in [1.54, 1.807) is 0 Å². The van der Waals surface area contributed by atoms with Gasteiger partial charge in [-0.3, -0.25) is 0 Å². The van der Waals surface area contributed by atoms with E-state index in [4.69, 9.17) is 16.3 Å². The fourth-order valence-corrected chi connectivity index (χ4v) is 1.45. The first kappa shape index (κ1) is 12.4. The van der Waals surface area contributed by atoms with Gasteiger partial charge < -0.3 is 4.74 Å². The highest BCUT2D eigenvalue weighted by molar-refractivity contribution is 6.32. The third-order valence-corrected chi connectivity index (χ3v) is 2.67. The average Bonchev–Trinajstić information content (AvgIpc) is 2.20. The Balaban J connectivity index is 2.59. The van der Waals surface area contributed by atoms with Crippen LogP contribution in [0.5, 0.6) is 5.75 Å². The van der Waals surface area contributed by atoms with E-state index >= 15 is 0 Å². The van der Waals surface area contributed by atoms with Crippen LogP contribution in [0.4, 0.5) is 0 Å². The van der Waals surface area contributed by atoms with E-state index in [1.807, 2.05) is 18.2 Å². The Morgan fingerprint density at radius 1 is 1.33 bits per heavy atom. The molecule has 1 aromatic carbocycles. The second-order valence-electron chi connectivity index (χ2n) is 4.15. The highest BCUT2D eigenvalue weighted by atomic mass is 35.5. The molecule has 0 heterocycles. The van der Waals surface area contributed by atoms with E-state index in [9.17, 15) is 0 Å². The van der Waals surface area contributed by atoms with Gasteiger partial charge in [-0.05, 0) is 36.5 Å². The van der Waals surface area contributed by atoms with Crippen molar-refractivity contribution in [1.29, 1.82) is 0 Å². The van der Waals surface area contributed by atoms with Gasteiger partial charge in [0.25, 0.3) is 0 Å². The summed E-state index contributed by atoms with van der Waals surface area (Å²) < 4.78 is 5.66. The van der Waals surface area contributed by atoms with Crippen molar-refractivity contribution < 1.29 is 4.74 Å². The Morgan fingerprint density at radius 2 is 2.07 bits per heavy atom. The molecule has 0 saturated heterocycles. The molecule has 0 aliphatic heterocycles. The molecule has 1 aromatic rings. The fraction of sp³-hybridized carbons (Fsp3) is 0.538. The van der Waals surface area contributed by atoms with Crippen LogP contribution in [0.25, 0.3) is 0 Å². The highest BCUT2D eigenvalue weighted by Gasteiger charge is 2.03. The molecule has 0 aromatic heterocycles. The topological polar surface area (TPSA) is 9.23 Å². The predicted octanol–water partition coefficient (Wildman–Crippen LogP) is 4.33. The number of rotatable bonds is 5. The van der Waals surface area contributed by atoms with Crippen molar-refractivity contribution in [3.63, 3.8) is 0 Å². The van der Waals surface area contributed by atoms with Crippen molar-refractivity contribution in [1.82, 2.24) is 0 Å². The second-order valence-corrected chi connectivity index (χ2v) is 4.56. The van der Waals surface area contributed by atoms with Gasteiger partial charge >= 0.3 is 0 Å². The Morgan fingerprint density at radius 3 is 2.67 bits per heavy atom. The number of hydrogen-bond acceptors (Lipinski definition) is 1. The van der Waals surface area contributed by atoms with Crippen LogP contribution in [-0.4, -0.2) is 6.61 Å². The molecule has 0 spiro atoms. The zero-order chi connectivity index (χ0) is 11.3. The summed E-state index contributed by atoms with van der Waals surface area (Å²) in [6.45, 7) is 7.24. The van der Waals surface area contributed by atoms with Crippen molar-refractivity contribution in [3.8, 4) is 5.75 Å². The molecule has 0 radical (unpaired) electrons. The van der Waals surface area contributed by atoms with Crippen LogP contribution < -0.4 is 4.74 Å². The van der Waals surface area contributed by atoms with Gasteiger partial charge in [-0.15, -0.1) is 0 Å². The number of benzene rings is 1. The largest absolute Gasteiger partial charge is 0.492 e. The predicted molar refractivity (Wildman–Crippen MR) is 65.8 cm³/mol. The molecule has 0 N–H and O–H groups in total. The van der Waals surface area contributed by atoms with Crippen molar-refractivity contribution in [2.24, 2.45) is 5.92 Å². The lowest BCUT2D eigenvalue weighted by Gasteiger charge is -2.10. The van der Waals surface area contributed by atoms with Crippen LogP contribution in [0, 0.1) is 5.92 Å². The molecule has 0 aliphatic carbocycles. The normalized spacial score (nSPS) is 10.7. The Kier molecular flexibility index (Phi) is 4.97. The molecule has 0 aliphatic rings. The van der Waals surface area contributed by atoms with Crippen LogP contribution in [0.1, 0.15) is 32.8 Å². The van der Waals surface area contributed by atoms with E-state index in [0.717, 1.165) is 25.2 Å². The summed E-state index contributed by atoms with van der Waals surface area (Å²) in [4.78, 5) is 0. The lowest BCUT2D eigenvalue weighted by molar-refractivity contribution is 0.289. The maximum atomic E-state index is 6.04. The minimum Gasteiger partial charge on any atom is -0.492 e. The summed E-state index contributed by atoms with van der Waals surface area (Å²) >= 11 is 6.04. The molecule has 0 unspecified atom stereocenters. The van der Waals surface area contributed by atoms with E-state index < -0.39 is 0 Å². The second kappa shape index (κ2) is 6.02. The third-order valence-electron chi connectivity index (χ3n) is 2.36. The minimum absolute atomic E-state index is 0.665. The lowest BCUT2D eigenvalue weighted by Crippen LogP contribution is -2.02. The summed E-state index contributed by atoms with van der Waals surface area (Å²) in [5.41, 5.74) is 1.26. The summed E-state index contributed by atoms with van der Waals surface area (Å²) in [5.74, 6) is 1.48.